The Morgan fingerprint density at radius 3 is 2.35 bits per heavy atom. The first-order chi connectivity index (χ1) is 12.1. The summed E-state index contributed by atoms with van der Waals surface area (Å²) in [6, 6.07) is -3.42. The van der Waals surface area contributed by atoms with Gasteiger partial charge in [0.1, 0.15) is 12.1 Å². The number of aromatic nitrogens is 2. The maximum absolute atomic E-state index is 12.4. The van der Waals surface area contributed by atoms with Crippen molar-refractivity contribution in [2.24, 2.45) is 17.4 Å². The Hall–Kier alpha value is -2.95. The maximum Gasteiger partial charge on any atom is 0.326 e. The minimum absolute atomic E-state index is 0.192. The van der Waals surface area contributed by atoms with E-state index in [-0.39, 0.29) is 12.3 Å². The molecule has 0 aliphatic carbocycles. The van der Waals surface area contributed by atoms with E-state index in [1.165, 1.54) is 12.5 Å². The summed E-state index contributed by atoms with van der Waals surface area (Å²) >= 11 is 0. The smallest absolute Gasteiger partial charge is 0.326 e. The zero-order valence-electron chi connectivity index (χ0n) is 14.6. The van der Waals surface area contributed by atoms with Gasteiger partial charge in [-0.05, 0) is 5.92 Å². The fourth-order valence-corrected chi connectivity index (χ4v) is 2.18. The molecule has 3 atom stereocenters. The number of carboxylic acid groups (broad SMARTS) is 1. The molecule has 11 heteroatoms. The van der Waals surface area contributed by atoms with E-state index in [2.05, 4.69) is 20.6 Å². The van der Waals surface area contributed by atoms with Gasteiger partial charge in [-0.15, -0.1) is 0 Å². The lowest BCUT2D eigenvalue weighted by Gasteiger charge is -2.25. The van der Waals surface area contributed by atoms with Crippen LogP contribution in [0.15, 0.2) is 12.5 Å². The van der Waals surface area contributed by atoms with Crippen molar-refractivity contribution < 1.29 is 24.3 Å². The molecular formula is C15H24N6O5. The highest BCUT2D eigenvalue weighted by Gasteiger charge is 2.30. The average molecular weight is 368 g/mol. The fourth-order valence-electron chi connectivity index (χ4n) is 2.18. The van der Waals surface area contributed by atoms with Gasteiger partial charge in [-0.2, -0.15) is 0 Å². The first kappa shape index (κ1) is 21.1. The SMILES string of the molecule is CC(C)[C@H](NC(=O)[C@@H](N)Cc1cnc[nH]1)C(=O)N[C@@H](CC(N)=O)C(=O)O. The average Bonchev–Trinajstić information content (AvgIpc) is 3.03. The van der Waals surface area contributed by atoms with Crippen molar-refractivity contribution in [1.29, 1.82) is 0 Å². The molecule has 8 N–H and O–H groups in total. The van der Waals surface area contributed by atoms with Gasteiger partial charge in [0.25, 0.3) is 0 Å². The van der Waals surface area contributed by atoms with Crippen LogP contribution in [-0.4, -0.2) is 56.9 Å². The van der Waals surface area contributed by atoms with Crippen molar-refractivity contribution in [3.8, 4) is 0 Å². The number of aromatic amines is 1. The molecule has 1 aromatic rings. The number of carboxylic acids is 1. The van der Waals surface area contributed by atoms with Gasteiger partial charge in [0.05, 0.1) is 18.8 Å². The number of hydrogen-bond acceptors (Lipinski definition) is 6. The maximum atomic E-state index is 12.4. The van der Waals surface area contributed by atoms with E-state index in [9.17, 15) is 19.2 Å². The van der Waals surface area contributed by atoms with Crippen LogP contribution in [0.25, 0.3) is 0 Å². The Kier molecular flexibility index (Phi) is 7.72. The number of primary amides is 1. The first-order valence-electron chi connectivity index (χ1n) is 7.96. The second-order valence-electron chi connectivity index (χ2n) is 6.19. The third-order valence-corrected chi connectivity index (χ3v) is 3.60. The fraction of sp³-hybridized carbons (Fsp3) is 0.533. The van der Waals surface area contributed by atoms with E-state index < -0.39 is 48.2 Å². The van der Waals surface area contributed by atoms with Crippen LogP contribution in [0.5, 0.6) is 0 Å². The number of imidazole rings is 1. The molecule has 0 aromatic carbocycles. The van der Waals surface area contributed by atoms with Crippen molar-refractivity contribution in [3.63, 3.8) is 0 Å². The van der Waals surface area contributed by atoms with Crippen LogP contribution in [0, 0.1) is 5.92 Å². The summed E-state index contributed by atoms with van der Waals surface area (Å²) in [5.41, 5.74) is 11.5. The lowest BCUT2D eigenvalue weighted by Crippen LogP contribution is -2.57. The highest BCUT2D eigenvalue weighted by Crippen LogP contribution is 2.05. The summed E-state index contributed by atoms with van der Waals surface area (Å²) in [6.45, 7) is 3.35. The van der Waals surface area contributed by atoms with Crippen molar-refractivity contribution in [2.75, 3.05) is 0 Å². The number of carbonyl (C=O) groups excluding carboxylic acids is 3. The predicted octanol–water partition coefficient (Wildman–Crippen LogP) is -2.13. The highest BCUT2D eigenvalue weighted by molar-refractivity contribution is 5.93. The molecule has 0 saturated carbocycles. The first-order valence-corrected chi connectivity index (χ1v) is 7.96. The molecule has 1 rings (SSSR count). The van der Waals surface area contributed by atoms with Crippen molar-refractivity contribution in [1.82, 2.24) is 20.6 Å². The predicted molar refractivity (Wildman–Crippen MR) is 90.4 cm³/mol. The Morgan fingerprint density at radius 1 is 1.23 bits per heavy atom. The molecule has 0 fully saturated rings. The highest BCUT2D eigenvalue weighted by atomic mass is 16.4. The van der Waals surface area contributed by atoms with Gasteiger partial charge in [-0.25, -0.2) is 9.78 Å². The number of aliphatic carboxylic acids is 1. The van der Waals surface area contributed by atoms with E-state index in [0.29, 0.717) is 5.69 Å². The van der Waals surface area contributed by atoms with Crippen LogP contribution < -0.4 is 22.1 Å². The van der Waals surface area contributed by atoms with Gasteiger partial charge in [0.15, 0.2) is 0 Å². The lowest BCUT2D eigenvalue weighted by molar-refractivity contribution is -0.144. The molecule has 1 heterocycles. The zero-order valence-corrected chi connectivity index (χ0v) is 14.6. The molecule has 3 amide bonds. The Morgan fingerprint density at radius 2 is 1.88 bits per heavy atom. The Balaban J connectivity index is 2.74. The standard InChI is InChI=1S/C15H24N6O5/c1-7(2)12(14(24)20-10(15(25)26)4-11(17)22)21-13(23)9(16)3-8-5-18-6-19-8/h5-7,9-10,12H,3-4,16H2,1-2H3,(H2,17,22)(H,18,19)(H,20,24)(H,21,23)(H,25,26)/t9-,10-,12-/m0/s1. The molecule has 0 aliphatic rings. The van der Waals surface area contributed by atoms with Crippen LogP contribution >= 0.6 is 0 Å². The number of nitrogens with one attached hydrogen (secondary N) is 3. The molecule has 0 radical (unpaired) electrons. The minimum Gasteiger partial charge on any atom is -0.480 e. The second kappa shape index (κ2) is 9.51. The van der Waals surface area contributed by atoms with Crippen LogP contribution in [0.2, 0.25) is 0 Å². The van der Waals surface area contributed by atoms with Gasteiger partial charge in [-0.3, -0.25) is 14.4 Å². The molecular weight excluding hydrogens is 344 g/mol. The summed E-state index contributed by atoms with van der Waals surface area (Å²) in [5, 5.41) is 13.8. The number of amides is 3. The third kappa shape index (κ3) is 6.51. The van der Waals surface area contributed by atoms with Crippen molar-refractivity contribution >= 4 is 23.7 Å². The summed E-state index contributed by atoms with van der Waals surface area (Å²) < 4.78 is 0. The molecule has 11 nitrogen and oxygen atoms in total. The number of carbonyl (C=O) groups is 4. The molecule has 0 bridgehead atoms. The number of hydrogen-bond donors (Lipinski definition) is 6. The summed E-state index contributed by atoms with van der Waals surface area (Å²) in [5.74, 6) is -3.93. The summed E-state index contributed by atoms with van der Waals surface area (Å²) in [4.78, 5) is 53.3. The molecule has 0 saturated heterocycles. The quantitative estimate of drug-likeness (QED) is 0.271. The summed E-state index contributed by atoms with van der Waals surface area (Å²) in [6.07, 6.45) is 2.62. The van der Waals surface area contributed by atoms with Gasteiger partial charge in [0.2, 0.25) is 17.7 Å². The molecule has 26 heavy (non-hydrogen) atoms. The molecule has 0 aliphatic heterocycles. The molecule has 0 spiro atoms. The van der Waals surface area contributed by atoms with E-state index in [4.69, 9.17) is 16.6 Å². The molecule has 0 unspecified atom stereocenters. The van der Waals surface area contributed by atoms with Gasteiger partial charge < -0.3 is 32.2 Å². The van der Waals surface area contributed by atoms with E-state index in [1.54, 1.807) is 13.8 Å². The zero-order chi connectivity index (χ0) is 19.9. The monoisotopic (exact) mass is 368 g/mol. The van der Waals surface area contributed by atoms with Crippen LogP contribution in [0.1, 0.15) is 26.0 Å². The number of nitrogens with two attached hydrogens (primary N) is 2. The van der Waals surface area contributed by atoms with Crippen molar-refractivity contribution in [2.45, 2.75) is 44.8 Å². The number of rotatable bonds is 10. The lowest BCUT2D eigenvalue weighted by atomic mass is 10.0. The summed E-state index contributed by atoms with van der Waals surface area (Å²) in [7, 11) is 0. The topological polar surface area (TPSA) is 193 Å². The molecule has 1 aromatic heterocycles. The molecule has 144 valence electrons. The Bertz CT molecular complexity index is 645. The van der Waals surface area contributed by atoms with Gasteiger partial charge >= 0.3 is 5.97 Å². The van der Waals surface area contributed by atoms with Crippen LogP contribution in [0.3, 0.4) is 0 Å². The normalized spacial score (nSPS) is 14.3. The van der Waals surface area contributed by atoms with E-state index in [0.717, 1.165) is 0 Å². The largest absolute Gasteiger partial charge is 0.480 e. The Labute approximate surface area is 149 Å². The van der Waals surface area contributed by atoms with E-state index in [1.807, 2.05) is 0 Å². The van der Waals surface area contributed by atoms with Crippen LogP contribution in [0.4, 0.5) is 0 Å². The number of H-pyrrole nitrogens is 1. The van der Waals surface area contributed by atoms with Gasteiger partial charge in [-0.1, -0.05) is 13.8 Å². The van der Waals surface area contributed by atoms with E-state index >= 15 is 0 Å². The minimum atomic E-state index is -1.48. The van der Waals surface area contributed by atoms with Crippen molar-refractivity contribution in [3.05, 3.63) is 18.2 Å². The third-order valence-electron chi connectivity index (χ3n) is 3.60. The number of nitrogens with zero attached hydrogens (tertiary/aromatic N) is 1. The van der Waals surface area contributed by atoms with Crippen LogP contribution in [-0.2, 0) is 25.6 Å². The second-order valence-corrected chi connectivity index (χ2v) is 6.19. The van der Waals surface area contributed by atoms with Gasteiger partial charge in [0, 0.05) is 18.3 Å².